The molecule has 0 heterocycles. The molecule has 2 aromatic rings. The summed E-state index contributed by atoms with van der Waals surface area (Å²) in [5.74, 6) is 0.192. The van der Waals surface area contributed by atoms with Gasteiger partial charge in [-0.05, 0) is 36.4 Å². The van der Waals surface area contributed by atoms with Gasteiger partial charge in [-0.15, -0.1) is 0 Å². The minimum absolute atomic E-state index is 0.238. The Hall–Kier alpha value is -3.73. The number of nitrogens with one attached hydrogen (secondary N) is 2. The average Bonchev–Trinajstić information content (AvgIpc) is 2.70. The van der Waals surface area contributed by atoms with Crippen LogP contribution >= 0.6 is 0 Å². The van der Waals surface area contributed by atoms with E-state index < -0.39 is 11.8 Å². The van der Waals surface area contributed by atoms with Crippen LogP contribution in [0.1, 0.15) is 15.9 Å². The van der Waals surface area contributed by atoms with Gasteiger partial charge in [0.15, 0.2) is 6.61 Å². The molecule has 8 heteroatoms. The Bertz CT molecular complexity index is 828. The third-order valence-electron chi connectivity index (χ3n) is 3.32. The van der Waals surface area contributed by atoms with E-state index >= 15 is 0 Å². The number of nitrogens with zero attached hydrogens (tertiary/aromatic N) is 1. The van der Waals surface area contributed by atoms with E-state index in [1.165, 1.54) is 20.3 Å². The van der Waals surface area contributed by atoms with Crippen LogP contribution in [0.5, 0.6) is 17.2 Å². The lowest BCUT2D eigenvalue weighted by atomic mass is 10.2. The van der Waals surface area contributed by atoms with Crippen molar-refractivity contribution in [3.05, 3.63) is 53.6 Å². The molecule has 0 atom stereocenters. The molecule has 8 nitrogen and oxygen atoms in total. The summed E-state index contributed by atoms with van der Waals surface area (Å²) in [4.78, 5) is 23.9. The number of methoxy groups -OCH3 is 2. The second-order valence-electron chi connectivity index (χ2n) is 4.99. The highest BCUT2D eigenvalue weighted by atomic mass is 16.5. The third kappa shape index (κ3) is 4.88. The van der Waals surface area contributed by atoms with Crippen LogP contribution in [0.15, 0.2) is 42.5 Å². The molecule has 2 rings (SSSR count). The first-order valence-corrected chi connectivity index (χ1v) is 7.51. The summed E-state index contributed by atoms with van der Waals surface area (Å²) >= 11 is 0. The topological polar surface area (TPSA) is 110 Å². The molecule has 2 N–H and O–H groups in total. The van der Waals surface area contributed by atoms with Crippen LogP contribution in [0, 0.1) is 11.3 Å². The predicted octanol–water partition coefficient (Wildman–Crippen LogP) is 1.42. The van der Waals surface area contributed by atoms with E-state index in [1.54, 1.807) is 36.4 Å². The van der Waals surface area contributed by atoms with Crippen LogP contribution in [0.2, 0.25) is 0 Å². The standard InChI is InChI=1S/C18H17N3O5/c1-24-14-7-8-15(16(9-14)25-2)18(23)21-20-17(22)11-26-13-5-3-12(10-19)4-6-13/h3-9H,11H2,1-2H3,(H,20,22)(H,21,23). The Morgan fingerprint density at radius 1 is 1.00 bits per heavy atom. The minimum Gasteiger partial charge on any atom is -0.497 e. The molecule has 0 saturated heterocycles. The Balaban J connectivity index is 1.86. The summed E-state index contributed by atoms with van der Waals surface area (Å²) in [7, 11) is 2.93. The van der Waals surface area contributed by atoms with Crippen LogP contribution in [0.4, 0.5) is 0 Å². The fourth-order valence-corrected chi connectivity index (χ4v) is 1.99. The van der Waals surface area contributed by atoms with E-state index in [2.05, 4.69) is 10.9 Å². The number of hydrogen-bond donors (Lipinski definition) is 2. The Kier molecular flexibility index (Phi) is 6.40. The van der Waals surface area contributed by atoms with Crippen molar-refractivity contribution < 1.29 is 23.8 Å². The number of amides is 2. The molecule has 0 aliphatic rings. The minimum atomic E-state index is -0.546. The highest BCUT2D eigenvalue weighted by Gasteiger charge is 2.14. The molecule has 0 aliphatic heterocycles. The third-order valence-corrected chi connectivity index (χ3v) is 3.32. The number of rotatable bonds is 6. The summed E-state index contributed by atoms with van der Waals surface area (Å²) in [5, 5.41) is 8.72. The smallest absolute Gasteiger partial charge is 0.276 e. The molecule has 26 heavy (non-hydrogen) atoms. The molecule has 0 bridgehead atoms. The van der Waals surface area contributed by atoms with Gasteiger partial charge in [0.2, 0.25) is 0 Å². The van der Waals surface area contributed by atoms with Gasteiger partial charge in [0.1, 0.15) is 17.2 Å². The maximum absolute atomic E-state index is 12.2. The van der Waals surface area contributed by atoms with E-state index in [0.717, 1.165) is 0 Å². The van der Waals surface area contributed by atoms with Crippen molar-refractivity contribution in [3.8, 4) is 23.3 Å². The molecule has 0 radical (unpaired) electrons. The lowest BCUT2D eigenvalue weighted by Crippen LogP contribution is -2.43. The number of nitriles is 1. The molecule has 0 saturated carbocycles. The normalized spacial score (nSPS) is 9.58. The van der Waals surface area contributed by atoms with Crippen molar-refractivity contribution in [3.63, 3.8) is 0 Å². The second kappa shape index (κ2) is 8.94. The van der Waals surface area contributed by atoms with E-state index in [-0.39, 0.29) is 12.2 Å². The predicted molar refractivity (Wildman–Crippen MR) is 91.8 cm³/mol. The summed E-state index contributed by atoms with van der Waals surface area (Å²) < 4.78 is 15.5. The van der Waals surface area contributed by atoms with Gasteiger partial charge in [-0.1, -0.05) is 0 Å². The number of hydrogen-bond acceptors (Lipinski definition) is 6. The first-order valence-electron chi connectivity index (χ1n) is 7.51. The molecule has 2 aromatic carbocycles. The van der Waals surface area contributed by atoms with Gasteiger partial charge in [0, 0.05) is 6.07 Å². The quantitative estimate of drug-likeness (QED) is 0.758. The summed E-state index contributed by atoms with van der Waals surface area (Å²) in [6.07, 6.45) is 0. The largest absolute Gasteiger partial charge is 0.497 e. The molecule has 0 spiro atoms. The Labute approximate surface area is 150 Å². The average molecular weight is 355 g/mol. The summed E-state index contributed by atoms with van der Waals surface area (Å²) in [6, 6.07) is 13.0. The molecular weight excluding hydrogens is 338 g/mol. The van der Waals surface area contributed by atoms with Gasteiger partial charge in [-0.25, -0.2) is 0 Å². The molecule has 2 amide bonds. The number of carbonyl (C=O) groups excluding carboxylic acids is 2. The highest BCUT2D eigenvalue weighted by molar-refractivity contribution is 5.98. The number of ether oxygens (including phenoxy) is 3. The van der Waals surface area contributed by atoms with Crippen molar-refractivity contribution in [1.82, 2.24) is 10.9 Å². The van der Waals surface area contributed by atoms with Crippen LogP contribution in [0.3, 0.4) is 0 Å². The van der Waals surface area contributed by atoms with Gasteiger partial charge < -0.3 is 14.2 Å². The molecule has 134 valence electrons. The monoisotopic (exact) mass is 355 g/mol. The van der Waals surface area contributed by atoms with E-state index in [1.807, 2.05) is 6.07 Å². The van der Waals surface area contributed by atoms with E-state index in [0.29, 0.717) is 22.8 Å². The van der Waals surface area contributed by atoms with Gasteiger partial charge in [-0.3, -0.25) is 20.4 Å². The fraction of sp³-hybridized carbons (Fsp3) is 0.167. The zero-order valence-electron chi connectivity index (χ0n) is 14.2. The molecule has 0 unspecified atom stereocenters. The maximum atomic E-state index is 12.2. The number of hydrazine groups is 1. The number of benzene rings is 2. The maximum Gasteiger partial charge on any atom is 0.276 e. The van der Waals surface area contributed by atoms with E-state index in [4.69, 9.17) is 19.5 Å². The van der Waals surface area contributed by atoms with Gasteiger partial charge in [0.05, 0.1) is 31.4 Å². The molecular formula is C18H17N3O5. The van der Waals surface area contributed by atoms with Crippen LogP contribution in [-0.2, 0) is 4.79 Å². The lowest BCUT2D eigenvalue weighted by molar-refractivity contribution is -0.123. The van der Waals surface area contributed by atoms with Crippen molar-refractivity contribution in [2.45, 2.75) is 0 Å². The highest BCUT2D eigenvalue weighted by Crippen LogP contribution is 2.24. The molecule has 0 aromatic heterocycles. The van der Waals surface area contributed by atoms with Gasteiger partial charge in [-0.2, -0.15) is 5.26 Å². The van der Waals surface area contributed by atoms with Crippen molar-refractivity contribution in [1.29, 1.82) is 5.26 Å². The zero-order valence-corrected chi connectivity index (χ0v) is 14.2. The van der Waals surface area contributed by atoms with Crippen molar-refractivity contribution >= 4 is 11.8 Å². The summed E-state index contributed by atoms with van der Waals surface area (Å²) in [6.45, 7) is -0.300. The SMILES string of the molecule is COc1ccc(C(=O)NNC(=O)COc2ccc(C#N)cc2)c(OC)c1. The Morgan fingerprint density at radius 3 is 2.31 bits per heavy atom. The first-order chi connectivity index (χ1) is 12.6. The molecule has 0 aliphatic carbocycles. The van der Waals surface area contributed by atoms with Crippen LogP contribution in [0.25, 0.3) is 0 Å². The zero-order chi connectivity index (χ0) is 18.9. The van der Waals surface area contributed by atoms with Gasteiger partial charge in [0.25, 0.3) is 11.8 Å². The van der Waals surface area contributed by atoms with Gasteiger partial charge >= 0.3 is 0 Å². The summed E-state index contributed by atoms with van der Waals surface area (Å²) in [5.41, 5.74) is 5.26. The fourth-order valence-electron chi connectivity index (χ4n) is 1.99. The van der Waals surface area contributed by atoms with Crippen LogP contribution in [-0.4, -0.2) is 32.6 Å². The lowest BCUT2D eigenvalue weighted by Gasteiger charge is -2.12. The Morgan fingerprint density at radius 2 is 1.69 bits per heavy atom. The van der Waals surface area contributed by atoms with E-state index in [9.17, 15) is 9.59 Å². The first kappa shape index (κ1) is 18.6. The second-order valence-corrected chi connectivity index (χ2v) is 4.99. The van der Waals surface area contributed by atoms with Crippen LogP contribution < -0.4 is 25.1 Å². The molecule has 0 fully saturated rings. The van der Waals surface area contributed by atoms with Crippen molar-refractivity contribution in [2.75, 3.05) is 20.8 Å². The van der Waals surface area contributed by atoms with Crippen molar-refractivity contribution in [2.24, 2.45) is 0 Å². The number of carbonyl (C=O) groups is 2.